The summed E-state index contributed by atoms with van der Waals surface area (Å²) in [5.41, 5.74) is 0.808. The van der Waals surface area contributed by atoms with Crippen LogP contribution in [0.25, 0.3) is 5.69 Å². The second-order valence-corrected chi connectivity index (χ2v) is 11.6. The molecule has 4 rings (SSSR count). The Bertz CT molecular complexity index is 1550. The summed E-state index contributed by atoms with van der Waals surface area (Å²) in [6, 6.07) is 17.3. The zero-order valence-corrected chi connectivity index (χ0v) is 23.3. The van der Waals surface area contributed by atoms with Crippen LogP contribution >= 0.6 is 11.8 Å². The standard InChI is InChI=1S/C26H28N6O5S2/c1-4-21(24(33)28-23-20(16-27-31(23)3)25(34)37-5-2)38-26-30-29-22(32(26)18-12-8-6-9-13-18)17-39(35,36)19-14-10-7-11-15-19/h6-16,21H,4-5,17H2,1-3H3,(H,28,33). The molecule has 0 spiro atoms. The maximum Gasteiger partial charge on any atom is 0.343 e. The van der Waals surface area contributed by atoms with Gasteiger partial charge in [-0.2, -0.15) is 5.10 Å². The van der Waals surface area contributed by atoms with E-state index in [2.05, 4.69) is 20.6 Å². The molecule has 0 aliphatic rings. The fourth-order valence-corrected chi connectivity index (χ4v) is 6.03. The summed E-state index contributed by atoms with van der Waals surface area (Å²) in [6.07, 6.45) is 1.76. The number of para-hydroxylation sites is 1. The molecule has 39 heavy (non-hydrogen) atoms. The van der Waals surface area contributed by atoms with Gasteiger partial charge in [0.1, 0.15) is 17.1 Å². The Kier molecular flexibility index (Phi) is 8.82. The first kappa shape index (κ1) is 28.0. The minimum atomic E-state index is -3.70. The van der Waals surface area contributed by atoms with Crippen molar-refractivity contribution in [1.82, 2.24) is 24.5 Å². The molecule has 0 fully saturated rings. The van der Waals surface area contributed by atoms with Crippen molar-refractivity contribution in [3.63, 3.8) is 0 Å². The number of carbonyl (C=O) groups excluding carboxylic acids is 2. The van der Waals surface area contributed by atoms with E-state index in [-0.39, 0.29) is 40.4 Å². The molecule has 1 atom stereocenters. The van der Waals surface area contributed by atoms with Crippen molar-refractivity contribution in [2.45, 2.75) is 41.3 Å². The lowest BCUT2D eigenvalue weighted by Gasteiger charge is -2.16. The van der Waals surface area contributed by atoms with Gasteiger partial charge < -0.3 is 10.1 Å². The topological polar surface area (TPSA) is 138 Å². The fraction of sp³-hybridized carbons (Fsp3) is 0.269. The Hall–Kier alpha value is -3.97. The first-order valence-corrected chi connectivity index (χ1v) is 14.7. The number of benzene rings is 2. The van der Waals surface area contributed by atoms with Crippen molar-refractivity contribution < 1.29 is 22.7 Å². The molecular weight excluding hydrogens is 540 g/mol. The molecule has 2 heterocycles. The van der Waals surface area contributed by atoms with E-state index in [4.69, 9.17) is 4.74 Å². The van der Waals surface area contributed by atoms with E-state index in [0.717, 1.165) is 11.8 Å². The number of aromatic nitrogens is 5. The quantitative estimate of drug-likeness (QED) is 0.212. The summed E-state index contributed by atoms with van der Waals surface area (Å²) in [5.74, 6) is -0.900. The van der Waals surface area contributed by atoms with Crippen LogP contribution in [0, 0.1) is 0 Å². The monoisotopic (exact) mass is 568 g/mol. The van der Waals surface area contributed by atoms with Gasteiger partial charge in [-0.05, 0) is 37.6 Å². The first-order valence-electron chi connectivity index (χ1n) is 12.2. The number of esters is 1. The molecule has 1 amide bonds. The third-order valence-corrected chi connectivity index (χ3v) is 8.66. The summed E-state index contributed by atoms with van der Waals surface area (Å²) in [5, 5.41) is 15.0. The molecule has 204 valence electrons. The molecule has 2 aromatic heterocycles. The Balaban J connectivity index is 1.63. The molecule has 0 aliphatic carbocycles. The van der Waals surface area contributed by atoms with Crippen LogP contribution < -0.4 is 5.32 Å². The highest BCUT2D eigenvalue weighted by Gasteiger charge is 2.28. The number of aryl methyl sites for hydroxylation is 1. The zero-order chi connectivity index (χ0) is 28.0. The van der Waals surface area contributed by atoms with Crippen molar-refractivity contribution in [2.75, 3.05) is 11.9 Å². The highest BCUT2D eigenvalue weighted by Crippen LogP contribution is 2.30. The van der Waals surface area contributed by atoms with Gasteiger partial charge in [-0.3, -0.25) is 14.0 Å². The number of hydrogen-bond donors (Lipinski definition) is 1. The van der Waals surface area contributed by atoms with Crippen LogP contribution in [0.2, 0.25) is 0 Å². The van der Waals surface area contributed by atoms with Crippen LogP contribution in [0.1, 0.15) is 36.5 Å². The molecule has 0 bridgehead atoms. The molecule has 0 saturated heterocycles. The molecule has 11 nitrogen and oxygen atoms in total. The minimum Gasteiger partial charge on any atom is -0.462 e. The summed E-state index contributed by atoms with van der Waals surface area (Å²) >= 11 is 1.15. The summed E-state index contributed by atoms with van der Waals surface area (Å²) in [6.45, 7) is 3.72. The fourth-order valence-electron chi connectivity index (χ4n) is 3.78. The van der Waals surface area contributed by atoms with Crippen molar-refractivity contribution >= 4 is 39.3 Å². The second kappa shape index (κ2) is 12.3. The van der Waals surface area contributed by atoms with Gasteiger partial charge in [-0.25, -0.2) is 13.2 Å². The molecule has 0 aliphatic heterocycles. The van der Waals surface area contributed by atoms with E-state index in [9.17, 15) is 18.0 Å². The van der Waals surface area contributed by atoms with Gasteiger partial charge >= 0.3 is 5.97 Å². The maximum atomic E-state index is 13.3. The molecule has 0 saturated carbocycles. The largest absolute Gasteiger partial charge is 0.462 e. The number of carbonyl (C=O) groups is 2. The third-order valence-electron chi connectivity index (χ3n) is 5.72. The summed E-state index contributed by atoms with van der Waals surface area (Å²) < 4.78 is 34.4. The lowest BCUT2D eigenvalue weighted by atomic mass is 10.3. The van der Waals surface area contributed by atoms with Gasteiger partial charge in [0, 0.05) is 12.7 Å². The number of nitrogens with zero attached hydrogens (tertiary/aromatic N) is 5. The summed E-state index contributed by atoms with van der Waals surface area (Å²) in [7, 11) is -2.09. The molecule has 13 heteroatoms. The van der Waals surface area contributed by atoms with Crippen molar-refractivity contribution in [1.29, 1.82) is 0 Å². The zero-order valence-electron chi connectivity index (χ0n) is 21.6. The van der Waals surface area contributed by atoms with Crippen molar-refractivity contribution in [3.8, 4) is 5.69 Å². The number of rotatable bonds is 11. The molecule has 2 aromatic carbocycles. The molecular formula is C26H28N6O5S2. The van der Waals surface area contributed by atoms with E-state index in [1.54, 1.807) is 36.7 Å². The molecule has 1 N–H and O–H groups in total. The normalized spacial score (nSPS) is 12.2. The third kappa shape index (κ3) is 6.37. The van der Waals surface area contributed by atoms with Crippen LogP contribution in [-0.4, -0.2) is 56.7 Å². The molecule has 4 aromatic rings. The molecule has 0 radical (unpaired) electrons. The van der Waals surface area contributed by atoms with E-state index in [1.165, 1.54) is 23.0 Å². The number of hydrogen-bond acceptors (Lipinski definition) is 9. The second-order valence-electron chi connectivity index (χ2n) is 8.40. The van der Waals surface area contributed by atoms with Crippen LogP contribution in [0.3, 0.4) is 0 Å². The Morgan fingerprint density at radius 2 is 1.69 bits per heavy atom. The highest BCUT2D eigenvalue weighted by atomic mass is 32.2. The van der Waals surface area contributed by atoms with Crippen LogP contribution in [0.4, 0.5) is 5.82 Å². The van der Waals surface area contributed by atoms with E-state index in [0.29, 0.717) is 17.3 Å². The van der Waals surface area contributed by atoms with Gasteiger partial charge in [0.15, 0.2) is 20.8 Å². The maximum absolute atomic E-state index is 13.3. The smallest absolute Gasteiger partial charge is 0.343 e. The van der Waals surface area contributed by atoms with Gasteiger partial charge in [0.25, 0.3) is 0 Å². The van der Waals surface area contributed by atoms with Crippen molar-refractivity contribution in [3.05, 3.63) is 78.2 Å². The number of amides is 1. The van der Waals surface area contributed by atoms with Gasteiger partial charge in [0.2, 0.25) is 5.91 Å². The Morgan fingerprint density at radius 3 is 2.33 bits per heavy atom. The average molecular weight is 569 g/mol. The van der Waals surface area contributed by atoms with Gasteiger partial charge in [-0.15, -0.1) is 10.2 Å². The van der Waals surface area contributed by atoms with Gasteiger partial charge in [0.05, 0.1) is 22.9 Å². The van der Waals surface area contributed by atoms with Gasteiger partial charge in [-0.1, -0.05) is 55.1 Å². The SMILES string of the molecule is CCOC(=O)c1cnn(C)c1NC(=O)C(CC)Sc1nnc(CS(=O)(=O)c2ccccc2)n1-c1ccccc1. The Labute approximate surface area is 230 Å². The van der Waals surface area contributed by atoms with Crippen LogP contribution in [0.15, 0.2) is 76.9 Å². The van der Waals surface area contributed by atoms with E-state index in [1.807, 2.05) is 37.3 Å². The minimum absolute atomic E-state index is 0.147. The number of nitrogens with one attached hydrogen (secondary N) is 1. The van der Waals surface area contributed by atoms with Crippen LogP contribution in [-0.2, 0) is 32.2 Å². The lowest BCUT2D eigenvalue weighted by molar-refractivity contribution is -0.115. The Morgan fingerprint density at radius 1 is 1.03 bits per heavy atom. The number of thioether (sulfide) groups is 1. The predicted octanol–water partition coefficient (Wildman–Crippen LogP) is 3.66. The number of ether oxygens (including phenoxy) is 1. The van der Waals surface area contributed by atoms with E-state index >= 15 is 0 Å². The van der Waals surface area contributed by atoms with E-state index < -0.39 is 21.1 Å². The van der Waals surface area contributed by atoms with Crippen LogP contribution in [0.5, 0.6) is 0 Å². The lowest BCUT2D eigenvalue weighted by Crippen LogP contribution is -2.27. The molecule has 1 unspecified atom stereocenters. The number of anilines is 1. The number of sulfone groups is 1. The predicted molar refractivity (Wildman–Crippen MR) is 146 cm³/mol. The van der Waals surface area contributed by atoms with Crippen molar-refractivity contribution in [2.24, 2.45) is 7.05 Å². The summed E-state index contributed by atoms with van der Waals surface area (Å²) in [4.78, 5) is 25.8. The average Bonchev–Trinajstić information content (AvgIpc) is 3.50. The first-order chi connectivity index (χ1) is 18.7. The highest BCUT2D eigenvalue weighted by molar-refractivity contribution is 8.00.